The van der Waals surface area contributed by atoms with E-state index in [1.807, 2.05) is 12.1 Å². The molecule has 14 heteroatoms. The first-order valence-corrected chi connectivity index (χ1v) is 18.2. The first kappa shape index (κ1) is 31.1. The Hall–Kier alpha value is -4.88. The summed E-state index contributed by atoms with van der Waals surface area (Å²) in [6.45, 7) is 0. The molecule has 2 fully saturated rings. The van der Waals surface area contributed by atoms with E-state index in [0.29, 0.717) is 45.4 Å². The van der Waals surface area contributed by atoms with Crippen LogP contribution in [0.15, 0.2) is 94.9 Å². The predicted octanol–water partition coefficient (Wildman–Crippen LogP) is 8.08. The molecule has 10 nitrogen and oxygen atoms in total. The van der Waals surface area contributed by atoms with E-state index in [0.717, 1.165) is 0 Å². The minimum absolute atomic E-state index is 0.106. The van der Waals surface area contributed by atoms with E-state index in [9.17, 15) is 19.8 Å². The number of halogens is 2. The third-order valence-electron chi connectivity index (χ3n) is 8.72. The Morgan fingerprint density at radius 1 is 0.640 bits per heavy atom. The number of hydrogen-bond acceptors (Lipinski definition) is 10. The lowest BCUT2D eigenvalue weighted by atomic mass is 10.1. The third-order valence-corrected chi connectivity index (χ3v) is 11.8. The summed E-state index contributed by atoms with van der Waals surface area (Å²) < 4.78 is 12.6. The van der Waals surface area contributed by atoms with Gasteiger partial charge in [-0.3, -0.25) is 19.4 Å². The number of aromatic hydroxyl groups is 2. The number of hydrogen-bond donors (Lipinski definition) is 2. The van der Waals surface area contributed by atoms with Crippen LogP contribution in [0.3, 0.4) is 0 Å². The standard InChI is InChI=1S/C36H22Cl2N4O6S2/c37-29-32-34(48-26-14-18(10-12-22(26)40-32)42-28(46)16-50-36(42)20-6-2-4-8-24(20)44)30(38)31-33(29)47-25-13-17(9-11-21(25)39-31)41-27(45)15-49-35(41)19-5-1-3-7-23(19)43/h1-14,35-36,43-44H,15-16H2. The van der Waals surface area contributed by atoms with Gasteiger partial charge >= 0.3 is 0 Å². The minimum Gasteiger partial charge on any atom is -0.508 e. The second kappa shape index (κ2) is 11.9. The summed E-state index contributed by atoms with van der Waals surface area (Å²) in [6, 6.07) is 24.3. The Kier molecular flexibility index (Phi) is 7.39. The molecule has 2 atom stereocenters. The smallest absolute Gasteiger partial charge is 0.238 e. The molecule has 0 spiro atoms. The van der Waals surface area contributed by atoms with Crippen LogP contribution in [-0.2, 0) is 9.59 Å². The molecule has 0 saturated carbocycles. The molecule has 0 bridgehead atoms. The van der Waals surface area contributed by atoms with Gasteiger partial charge in [0, 0.05) is 34.6 Å². The lowest BCUT2D eigenvalue weighted by Crippen LogP contribution is -2.28. The molecule has 2 amide bonds. The Labute approximate surface area is 302 Å². The number of nitrogens with zero attached hydrogens (tertiary/aromatic N) is 4. The maximum Gasteiger partial charge on any atom is 0.238 e. The average Bonchev–Trinajstić information content (AvgIpc) is 3.71. The SMILES string of the molecule is O=C1CSC(c2ccccc2O)N1c1ccc2c(c1)Oc1c(Cl)c3c(c(Cl)c1=N2)Oc1cc(N2C(=O)CSC2c2ccccc2O)ccc1N=3. The molecule has 50 heavy (non-hydrogen) atoms. The number of amides is 2. The van der Waals surface area contributed by atoms with Gasteiger partial charge < -0.3 is 19.7 Å². The van der Waals surface area contributed by atoms with Crippen molar-refractivity contribution < 1.29 is 29.3 Å². The van der Waals surface area contributed by atoms with Gasteiger partial charge in [0.15, 0.2) is 23.0 Å². The van der Waals surface area contributed by atoms with Crippen molar-refractivity contribution in [1.29, 1.82) is 0 Å². The molecule has 2 saturated heterocycles. The molecule has 9 rings (SSSR count). The summed E-state index contributed by atoms with van der Waals surface area (Å²) in [5, 5.41) is 21.0. The highest BCUT2D eigenvalue weighted by Crippen LogP contribution is 2.50. The zero-order valence-corrected chi connectivity index (χ0v) is 28.7. The second-order valence-corrected chi connectivity index (χ2v) is 14.6. The van der Waals surface area contributed by atoms with Gasteiger partial charge in [-0.2, -0.15) is 0 Å². The highest BCUT2D eigenvalue weighted by molar-refractivity contribution is 8.01. The normalized spacial score (nSPS) is 18.7. The van der Waals surface area contributed by atoms with E-state index in [1.165, 1.54) is 23.5 Å². The van der Waals surface area contributed by atoms with E-state index in [4.69, 9.17) is 42.7 Å². The quantitative estimate of drug-likeness (QED) is 0.186. The molecule has 4 aliphatic heterocycles. The molecule has 248 valence electrons. The number of phenols is 2. The second-order valence-electron chi connectivity index (χ2n) is 11.7. The Morgan fingerprint density at radius 3 is 1.48 bits per heavy atom. The van der Waals surface area contributed by atoms with Crippen LogP contribution in [0.1, 0.15) is 21.9 Å². The number of rotatable bonds is 4. The number of benzene rings is 5. The number of ether oxygens (including phenoxy) is 2. The molecule has 2 unspecified atom stereocenters. The first-order chi connectivity index (χ1) is 24.3. The lowest BCUT2D eigenvalue weighted by molar-refractivity contribution is -0.116. The molecule has 5 aromatic rings. The molecule has 4 heterocycles. The summed E-state index contributed by atoms with van der Waals surface area (Å²) in [7, 11) is 0. The van der Waals surface area contributed by atoms with Crippen molar-refractivity contribution in [3.05, 3.63) is 117 Å². The highest BCUT2D eigenvalue weighted by atomic mass is 35.5. The lowest BCUT2D eigenvalue weighted by Gasteiger charge is -2.27. The first-order valence-electron chi connectivity index (χ1n) is 15.3. The fraction of sp³-hybridized carbons (Fsp3) is 0.111. The van der Waals surface area contributed by atoms with Crippen LogP contribution in [0.5, 0.6) is 34.5 Å². The Bertz CT molecular complexity index is 2280. The van der Waals surface area contributed by atoms with Crippen molar-refractivity contribution in [3.8, 4) is 34.5 Å². The summed E-state index contributed by atoms with van der Waals surface area (Å²) in [6.07, 6.45) is 0. The van der Waals surface area contributed by atoms with Crippen molar-refractivity contribution >= 4 is 81.3 Å². The fourth-order valence-electron chi connectivity index (χ4n) is 6.38. The largest absolute Gasteiger partial charge is 0.508 e. The molecule has 4 aliphatic rings. The van der Waals surface area contributed by atoms with E-state index in [2.05, 4.69) is 0 Å². The minimum atomic E-state index is -0.421. The van der Waals surface area contributed by atoms with Gasteiger partial charge in [-0.1, -0.05) is 59.6 Å². The van der Waals surface area contributed by atoms with Crippen molar-refractivity contribution in [2.45, 2.75) is 10.7 Å². The van der Waals surface area contributed by atoms with Crippen molar-refractivity contribution in [2.75, 3.05) is 21.3 Å². The van der Waals surface area contributed by atoms with E-state index >= 15 is 0 Å². The molecular formula is C36H22Cl2N4O6S2. The number of fused-ring (bicyclic) bond motifs is 4. The predicted molar refractivity (Wildman–Crippen MR) is 193 cm³/mol. The third kappa shape index (κ3) is 4.89. The number of phenolic OH excluding ortho intramolecular Hbond substituents is 2. The number of anilines is 2. The van der Waals surface area contributed by atoms with Gasteiger partial charge in [0.2, 0.25) is 11.8 Å². The van der Waals surface area contributed by atoms with Gasteiger partial charge in [0.1, 0.15) is 54.4 Å². The zero-order valence-electron chi connectivity index (χ0n) is 25.5. The monoisotopic (exact) mass is 740 g/mol. The molecule has 0 radical (unpaired) electrons. The zero-order chi connectivity index (χ0) is 34.3. The maximum absolute atomic E-state index is 13.1. The Morgan fingerprint density at radius 2 is 1.06 bits per heavy atom. The summed E-state index contributed by atoms with van der Waals surface area (Å²) in [5.41, 5.74) is 3.34. The highest BCUT2D eigenvalue weighted by Gasteiger charge is 2.38. The van der Waals surface area contributed by atoms with E-state index in [1.54, 1.807) is 82.6 Å². The fourth-order valence-corrected chi connectivity index (χ4v) is 9.31. The number of carbonyl (C=O) groups excluding carboxylic acids is 2. The van der Waals surface area contributed by atoms with Crippen LogP contribution >= 0.6 is 46.7 Å². The summed E-state index contributed by atoms with van der Waals surface area (Å²) in [4.78, 5) is 38.9. The number of carbonyl (C=O) groups is 2. The van der Waals surface area contributed by atoms with Crippen LogP contribution in [0.2, 0.25) is 10.0 Å². The average molecular weight is 742 g/mol. The number of para-hydroxylation sites is 2. The topological polar surface area (TPSA) is 124 Å². The van der Waals surface area contributed by atoms with Crippen LogP contribution < -0.4 is 30.0 Å². The summed E-state index contributed by atoms with van der Waals surface area (Å²) >= 11 is 16.7. The van der Waals surface area contributed by atoms with Gasteiger partial charge in [-0.05, 0) is 36.4 Å². The summed E-state index contributed by atoms with van der Waals surface area (Å²) in [5.74, 6) is 1.63. The van der Waals surface area contributed by atoms with Crippen LogP contribution in [-0.4, -0.2) is 33.5 Å². The van der Waals surface area contributed by atoms with Gasteiger partial charge in [0.25, 0.3) is 0 Å². The van der Waals surface area contributed by atoms with Gasteiger partial charge in [-0.15, -0.1) is 23.5 Å². The van der Waals surface area contributed by atoms with Crippen molar-refractivity contribution in [3.63, 3.8) is 0 Å². The van der Waals surface area contributed by atoms with Gasteiger partial charge in [0.05, 0.1) is 11.5 Å². The molecule has 0 aromatic heterocycles. The van der Waals surface area contributed by atoms with Crippen molar-refractivity contribution in [1.82, 2.24) is 0 Å². The Balaban J connectivity index is 1.07. The molecule has 2 N–H and O–H groups in total. The maximum atomic E-state index is 13.1. The van der Waals surface area contributed by atoms with E-state index in [-0.39, 0.29) is 67.1 Å². The van der Waals surface area contributed by atoms with Crippen LogP contribution in [0.25, 0.3) is 0 Å². The van der Waals surface area contributed by atoms with Crippen LogP contribution in [0.4, 0.5) is 22.7 Å². The number of thioether (sulfide) groups is 2. The van der Waals surface area contributed by atoms with Crippen LogP contribution in [0, 0.1) is 0 Å². The van der Waals surface area contributed by atoms with E-state index < -0.39 is 10.7 Å². The molecule has 5 aromatic carbocycles. The van der Waals surface area contributed by atoms with Gasteiger partial charge in [-0.25, -0.2) is 9.98 Å². The molecular weight excluding hydrogens is 719 g/mol. The van der Waals surface area contributed by atoms with Crippen molar-refractivity contribution in [2.24, 2.45) is 9.98 Å². The molecule has 0 aliphatic carbocycles.